The molecule has 5 nitrogen and oxygen atoms in total. The first-order valence-corrected chi connectivity index (χ1v) is 7.80. The molecular weight excluding hydrogens is 286 g/mol. The fraction of sp³-hybridized carbons (Fsp3) is 0.400. The number of hydrogen-bond acceptors (Lipinski definition) is 5. The van der Waals surface area contributed by atoms with Crippen LogP contribution in [-0.2, 0) is 0 Å². The SMILES string of the molecule is Cc1cnc2c(c1)N(C(=O)c1scnc1C(C)C)CCO2. The number of hydrogen-bond donors (Lipinski definition) is 0. The number of rotatable bonds is 2. The largest absolute Gasteiger partial charge is 0.474 e. The Hall–Kier alpha value is -1.95. The third kappa shape index (κ3) is 2.51. The zero-order valence-corrected chi connectivity index (χ0v) is 13.1. The van der Waals surface area contributed by atoms with Gasteiger partial charge in [0.25, 0.3) is 5.91 Å². The topological polar surface area (TPSA) is 55.3 Å². The Labute approximate surface area is 127 Å². The van der Waals surface area contributed by atoms with E-state index in [1.54, 1.807) is 16.6 Å². The standard InChI is InChI=1S/C15H17N3O2S/c1-9(2)12-13(21-8-17-12)15(19)18-4-5-20-14-11(18)6-10(3)7-16-14/h6-9H,4-5H2,1-3H3. The zero-order chi connectivity index (χ0) is 15.0. The molecule has 0 saturated heterocycles. The minimum atomic E-state index is -0.0156. The molecule has 0 bridgehead atoms. The third-order valence-corrected chi connectivity index (χ3v) is 4.22. The predicted octanol–water partition coefficient (Wildman–Crippen LogP) is 3.01. The number of anilines is 1. The molecule has 3 heterocycles. The van der Waals surface area contributed by atoms with Gasteiger partial charge >= 0.3 is 0 Å². The molecular formula is C15H17N3O2S. The average Bonchev–Trinajstić information content (AvgIpc) is 2.95. The van der Waals surface area contributed by atoms with E-state index in [-0.39, 0.29) is 11.8 Å². The quantitative estimate of drug-likeness (QED) is 0.856. The van der Waals surface area contributed by atoms with Crippen molar-refractivity contribution in [2.75, 3.05) is 18.1 Å². The number of nitrogens with zero attached hydrogens (tertiary/aromatic N) is 3. The number of thiazole rings is 1. The Morgan fingerprint density at radius 2 is 2.24 bits per heavy atom. The molecule has 0 saturated carbocycles. The van der Waals surface area contributed by atoms with Crippen LogP contribution in [0, 0.1) is 6.92 Å². The van der Waals surface area contributed by atoms with Crippen molar-refractivity contribution in [3.63, 3.8) is 0 Å². The van der Waals surface area contributed by atoms with Gasteiger partial charge in [-0.15, -0.1) is 11.3 Å². The molecule has 110 valence electrons. The lowest BCUT2D eigenvalue weighted by molar-refractivity contribution is 0.0978. The van der Waals surface area contributed by atoms with Gasteiger partial charge in [-0.2, -0.15) is 0 Å². The number of aromatic nitrogens is 2. The molecule has 2 aromatic heterocycles. The molecule has 1 aliphatic heterocycles. The van der Waals surface area contributed by atoms with Gasteiger partial charge in [0.05, 0.1) is 17.7 Å². The summed E-state index contributed by atoms with van der Waals surface area (Å²) in [7, 11) is 0. The summed E-state index contributed by atoms with van der Waals surface area (Å²) in [6.07, 6.45) is 1.75. The lowest BCUT2D eigenvalue weighted by Crippen LogP contribution is -2.38. The van der Waals surface area contributed by atoms with Crippen molar-refractivity contribution in [2.45, 2.75) is 26.7 Å². The molecule has 0 radical (unpaired) electrons. The molecule has 3 rings (SSSR count). The van der Waals surface area contributed by atoms with Crippen molar-refractivity contribution < 1.29 is 9.53 Å². The second-order valence-electron chi connectivity index (χ2n) is 5.36. The first-order valence-electron chi connectivity index (χ1n) is 6.92. The van der Waals surface area contributed by atoms with Gasteiger partial charge in [-0.05, 0) is 24.5 Å². The minimum absolute atomic E-state index is 0.0156. The van der Waals surface area contributed by atoms with Gasteiger partial charge < -0.3 is 4.74 Å². The molecule has 0 fully saturated rings. The van der Waals surface area contributed by atoms with Crippen molar-refractivity contribution in [3.8, 4) is 5.88 Å². The number of amides is 1. The van der Waals surface area contributed by atoms with Crippen LogP contribution in [0.15, 0.2) is 17.8 Å². The van der Waals surface area contributed by atoms with Gasteiger partial charge in [0.2, 0.25) is 5.88 Å². The van der Waals surface area contributed by atoms with Gasteiger partial charge in [-0.25, -0.2) is 9.97 Å². The van der Waals surface area contributed by atoms with Gasteiger partial charge in [0.1, 0.15) is 17.2 Å². The summed E-state index contributed by atoms with van der Waals surface area (Å²) in [5, 5.41) is 0. The molecule has 1 amide bonds. The van der Waals surface area contributed by atoms with Crippen LogP contribution < -0.4 is 9.64 Å². The lowest BCUT2D eigenvalue weighted by Gasteiger charge is -2.28. The first kappa shape index (κ1) is 14.0. The van der Waals surface area contributed by atoms with Crippen LogP contribution in [-0.4, -0.2) is 29.0 Å². The van der Waals surface area contributed by atoms with Crippen LogP contribution in [0.5, 0.6) is 5.88 Å². The molecule has 0 aliphatic carbocycles. The van der Waals surface area contributed by atoms with E-state index in [2.05, 4.69) is 9.97 Å². The van der Waals surface area contributed by atoms with E-state index in [1.807, 2.05) is 26.8 Å². The Morgan fingerprint density at radius 1 is 1.43 bits per heavy atom. The summed E-state index contributed by atoms with van der Waals surface area (Å²) >= 11 is 1.39. The molecule has 6 heteroatoms. The predicted molar refractivity (Wildman–Crippen MR) is 82.3 cm³/mol. The maximum atomic E-state index is 12.9. The summed E-state index contributed by atoms with van der Waals surface area (Å²) in [4.78, 5) is 23.9. The normalized spacial score (nSPS) is 14.0. The van der Waals surface area contributed by atoms with E-state index in [0.29, 0.717) is 23.9 Å². The molecule has 2 aromatic rings. The Kier molecular flexibility index (Phi) is 3.63. The van der Waals surface area contributed by atoms with E-state index in [0.717, 1.165) is 16.9 Å². The smallest absolute Gasteiger partial charge is 0.270 e. The monoisotopic (exact) mass is 303 g/mol. The maximum Gasteiger partial charge on any atom is 0.270 e. The first-order chi connectivity index (χ1) is 10.1. The molecule has 0 N–H and O–H groups in total. The van der Waals surface area contributed by atoms with Crippen LogP contribution in [0.2, 0.25) is 0 Å². The van der Waals surface area contributed by atoms with E-state index in [9.17, 15) is 4.79 Å². The molecule has 1 aliphatic rings. The summed E-state index contributed by atoms with van der Waals surface area (Å²) < 4.78 is 5.54. The highest BCUT2D eigenvalue weighted by molar-refractivity contribution is 7.12. The molecule has 0 unspecified atom stereocenters. The summed E-state index contributed by atoms with van der Waals surface area (Å²) in [6.45, 7) is 7.05. The number of fused-ring (bicyclic) bond motifs is 1. The minimum Gasteiger partial charge on any atom is -0.474 e. The van der Waals surface area contributed by atoms with Crippen molar-refractivity contribution in [3.05, 3.63) is 33.9 Å². The zero-order valence-electron chi connectivity index (χ0n) is 12.3. The van der Waals surface area contributed by atoms with Gasteiger partial charge in [0, 0.05) is 6.20 Å². The molecule has 0 spiro atoms. The highest BCUT2D eigenvalue weighted by atomic mass is 32.1. The van der Waals surface area contributed by atoms with Gasteiger partial charge in [-0.1, -0.05) is 13.8 Å². The highest BCUT2D eigenvalue weighted by Gasteiger charge is 2.29. The van der Waals surface area contributed by atoms with E-state index >= 15 is 0 Å². The van der Waals surface area contributed by atoms with E-state index in [4.69, 9.17) is 4.74 Å². The van der Waals surface area contributed by atoms with E-state index < -0.39 is 0 Å². The average molecular weight is 303 g/mol. The number of carbonyl (C=O) groups is 1. The summed E-state index contributed by atoms with van der Waals surface area (Å²) in [6, 6.07) is 1.94. The summed E-state index contributed by atoms with van der Waals surface area (Å²) in [5.41, 5.74) is 4.34. The van der Waals surface area contributed by atoms with Crippen molar-refractivity contribution in [2.24, 2.45) is 0 Å². The Bertz CT molecular complexity index is 681. The molecule has 0 aromatic carbocycles. The van der Waals surface area contributed by atoms with Gasteiger partial charge in [0.15, 0.2) is 0 Å². The van der Waals surface area contributed by atoms with Crippen LogP contribution in [0.4, 0.5) is 5.69 Å². The lowest BCUT2D eigenvalue weighted by atomic mass is 10.1. The van der Waals surface area contributed by atoms with Crippen LogP contribution in [0.1, 0.15) is 40.7 Å². The van der Waals surface area contributed by atoms with Crippen LogP contribution in [0.3, 0.4) is 0 Å². The fourth-order valence-electron chi connectivity index (χ4n) is 2.36. The van der Waals surface area contributed by atoms with E-state index in [1.165, 1.54) is 11.3 Å². The van der Waals surface area contributed by atoms with Crippen molar-refractivity contribution in [1.29, 1.82) is 0 Å². The third-order valence-electron chi connectivity index (χ3n) is 3.39. The number of pyridine rings is 1. The summed E-state index contributed by atoms with van der Waals surface area (Å²) in [5.74, 6) is 0.736. The maximum absolute atomic E-state index is 12.9. The highest BCUT2D eigenvalue weighted by Crippen LogP contribution is 2.33. The van der Waals surface area contributed by atoms with Crippen LogP contribution in [0.25, 0.3) is 0 Å². The number of carbonyl (C=O) groups excluding carboxylic acids is 1. The second kappa shape index (κ2) is 5.44. The Balaban J connectivity index is 2.00. The van der Waals surface area contributed by atoms with Crippen LogP contribution >= 0.6 is 11.3 Å². The number of ether oxygens (including phenoxy) is 1. The van der Waals surface area contributed by atoms with Crippen molar-refractivity contribution in [1.82, 2.24) is 9.97 Å². The number of aryl methyl sites for hydroxylation is 1. The second-order valence-corrected chi connectivity index (χ2v) is 6.22. The molecule has 0 atom stereocenters. The van der Waals surface area contributed by atoms with Crippen molar-refractivity contribution >= 4 is 22.9 Å². The Morgan fingerprint density at radius 3 is 3.00 bits per heavy atom. The molecule has 21 heavy (non-hydrogen) atoms. The fourth-order valence-corrected chi connectivity index (χ4v) is 3.25. The van der Waals surface area contributed by atoms with Gasteiger partial charge in [-0.3, -0.25) is 9.69 Å².